The van der Waals surface area contributed by atoms with E-state index in [0.717, 1.165) is 57.3 Å². The van der Waals surface area contributed by atoms with Gasteiger partial charge >= 0.3 is 0 Å². The van der Waals surface area contributed by atoms with Crippen LogP contribution in [0.15, 0.2) is 17.3 Å². The summed E-state index contributed by atoms with van der Waals surface area (Å²) in [6.07, 6.45) is 7.00. The maximum absolute atomic E-state index is 13.2. The summed E-state index contributed by atoms with van der Waals surface area (Å²) in [4.78, 5) is 31.3. The Morgan fingerprint density at radius 3 is 2.60 bits per heavy atom. The Bertz CT molecular complexity index is 739. The van der Waals surface area contributed by atoms with Gasteiger partial charge in [0.05, 0.1) is 5.71 Å². The van der Waals surface area contributed by atoms with E-state index in [1.807, 2.05) is 13.8 Å². The molecule has 0 amide bonds. The number of oxime groups is 1. The van der Waals surface area contributed by atoms with Crippen LogP contribution in [0.2, 0.25) is 0 Å². The van der Waals surface area contributed by atoms with Gasteiger partial charge in [-0.3, -0.25) is 9.59 Å². The number of Topliss-reactive ketones (excluding diaryl/α,β-unsaturated/α-hetero) is 2. The molecule has 5 rings (SSSR count). The summed E-state index contributed by atoms with van der Waals surface area (Å²) in [5, 5.41) is 7.82. The minimum atomic E-state index is -0.0401. The van der Waals surface area contributed by atoms with Crippen molar-refractivity contribution in [2.45, 2.75) is 78.2 Å². The summed E-state index contributed by atoms with van der Waals surface area (Å²) in [5.74, 6) is 1.79. The van der Waals surface area contributed by atoms with Crippen LogP contribution in [0.3, 0.4) is 0 Å². The molecular weight excluding hydrogens is 376 g/mol. The number of rotatable bonds is 2. The lowest BCUT2D eigenvalue weighted by Crippen LogP contribution is -2.55. The second kappa shape index (κ2) is 8.57. The van der Waals surface area contributed by atoms with Crippen molar-refractivity contribution in [3.8, 4) is 0 Å². The Morgan fingerprint density at radius 2 is 1.87 bits per heavy atom. The van der Waals surface area contributed by atoms with Gasteiger partial charge in [-0.2, -0.15) is 0 Å². The number of carbonyl (C=O) groups excluding carboxylic acids is 2. The lowest BCUT2D eigenvalue weighted by molar-refractivity contribution is -0.146. The minimum absolute atomic E-state index is 0.00386. The second-order valence-electron chi connectivity index (χ2n) is 10.1. The molecule has 0 aromatic carbocycles. The zero-order chi connectivity index (χ0) is 21.5. The molecule has 0 aromatic heterocycles. The molecule has 4 aliphatic carbocycles. The molecule has 1 aliphatic heterocycles. The first-order valence-corrected chi connectivity index (χ1v) is 12.1. The van der Waals surface area contributed by atoms with Crippen LogP contribution in [0.5, 0.6) is 0 Å². The number of nitrogens with zero attached hydrogens (tertiary/aromatic N) is 1. The molecule has 0 aromatic rings. The average molecular weight is 415 g/mol. The molecule has 166 valence electrons. The molecule has 5 fully saturated rings. The van der Waals surface area contributed by atoms with E-state index in [2.05, 4.69) is 24.0 Å². The van der Waals surface area contributed by atoms with Gasteiger partial charge < -0.3 is 10.2 Å². The maximum Gasteiger partial charge on any atom is 0.141 e. The second-order valence-corrected chi connectivity index (χ2v) is 10.1. The highest BCUT2D eigenvalue weighted by atomic mass is 16.6. The fourth-order valence-electron chi connectivity index (χ4n) is 7.20. The summed E-state index contributed by atoms with van der Waals surface area (Å²) in [6.45, 7) is 12.7. The fraction of sp³-hybridized carbons (Fsp3) is 0.800. The average Bonchev–Trinajstić information content (AvgIpc) is 3.38. The molecule has 5 aliphatic rings. The van der Waals surface area contributed by atoms with Crippen LogP contribution in [-0.4, -0.2) is 36.5 Å². The lowest BCUT2D eigenvalue weighted by Gasteiger charge is -2.57. The fourth-order valence-corrected chi connectivity index (χ4v) is 7.20. The summed E-state index contributed by atoms with van der Waals surface area (Å²) in [5.41, 5.74) is 2.36. The van der Waals surface area contributed by atoms with Gasteiger partial charge in [-0.25, -0.2) is 0 Å². The summed E-state index contributed by atoms with van der Waals surface area (Å²) >= 11 is 0. The van der Waals surface area contributed by atoms with Crippen LogP contribution >= 0.6 is 0 Å². The highest BCUT2D eigenvalue weighted by molar-refractivity contribution is 5.93. The van der Waals surface area contributed by atoms with E-state index in [1.54, 1.807) is 0 Å². The van der Waals surface area contributed by atoms with Gasteiger partial charge in [0, 0.05) is 37.6 Å². The van der Waals surface area contributed by atoms with Crippen molar-refractivity contribution in [2.24, 2.45) is 40.2 Å². The first-order chi connectivity index (χ1) is 14.5. The molecule has 5 nitrogen and oxygen atoms in total. The molecule has 5 heteroatoms. The van der Waals surface area contributed by atoms with Crippen molar-refractivity contribution in [3.63, 3.8) is 0 Å². The van der Waals surface area contributed by atoms with Crippen molar-refractivity contribution in [1.82, 2.24) is 5.32 Å². The topological polar surface area (TPSA) is 67.8 Å². The van der Waals surface area contributed by atoms with E-state index in [-0.39, 0.29) is 23.4 Å². The van der Waals surface area contributed by atoms with Gasteiger partial charge in [-0.05, 0) is 61.8 Å². The molecule has 30 heavy (non-hydrogen) atoms. The summed E-state index contributed by atoms with van der Waals surface area (Å²) < 4.78 is 0. The molecule has 4 saturated carbocycles. The Hall–Kier alpha value is -1.49. The zero-order valence-corrected chi connectivity index (χ0v) is 18.9. The Kier molecular flexibility index (Phi) is 6.20. The molecule has 7 atom stereocenters. The largest absolute Gasteiger partial charge is 0.391 e. The predicted octanol–water partition coefficient (Wildman–Crippen LogP) is 4.31. The third-order valence-corrected chi connectivity index (χ3v) is 8.64. The number of allylic oxidation sites excluding steroid dienone is 1. The van der Waals surface area contributed by atoms with Gasteiger partial charge in [-0.15, -0.1) is 0 Å². The van der Waals surface area contributed by atoms with Crippen molar-refractivity contribution in [3.05, 3.63) is 12.2 Å². The van der Waals surface area contributed by atoms with E-state index < -0.39 is 0 Å². The molecule has 0 spiro atoms. The predicted molar refractivity (Wildman–Crippen MR) is 118 cm³/mol. The molecule has 0 radical (unpaired) electrons. The summed E-state index contributed by atoms with van der Waals surface area (Å²) in [7, 11) is 0. The summed E-state index contributed by atoms with van der Waals surface area (Å²) in [6, 6.07) is 0. The van der Waals surface area contributed by atoms with Crippen molar-refractivity contribution >= 4 is 17.3 Å². The van der Waals surface area contributed by atoms with Crippen LogP contribution < -0.4 is 5.32 Å². The first kappa shape index (κ1) is 21.7. The number of ketones is 2. The van der Waals surface area contributed by atoms with Gasteiger partial charge in [0.15, 0.2) is 0 Å². The van der Waals surface area contributed by atoms with Gasteiger partial charge in [-0.1, -0.05) is 38.1 Å². The number of fused-ring (bicyclic) bond motifs is 5. The number of nitrogens with one attached hydrogen (secondary N) is 1. The molecule has 0 bridgehead atoms. The highest BCUT2D eigenvalue weighted by Crippen LogP contribution is 2.62. The number of hydrogen-bond acceptors (Lipinski definition) is 5. The van der Waals surface area contributed by atoms with E-state index >= 15 is 0 Å². The zero-order valence-electron chi connectivity index (χ0n) is 18.9. The van der Waals surface area contributed by atoms with Crippen LogP contribution in [-0.2, 0) is 14.4 Å². The van der Waals surface area contributed by atoms with Gasteiger partial charge in [0.25, 0.3) is 0 Å². The third-order valence-electron chi connectivity index (χ3n) is 8.64. The van der Waals surface area contributed by atoms with Crippen LogP contribution in [0.25, 0.3) is 0 Å². The maximum atomic E-state index is 13.2. The Labute approximate surface area is 181 Å². The normalized spacial score (nSPS) is 44.1. The van der Waals surface area contributed by atoms with Crippen LogP contribution in [0.1, 0.15) is 72.1 Å². The van der Waals surface area contributed by atoms with Crippen LogP contribution in [0, 0.1) is 35.0 Å². The van der Waals surface area contributed by atoms with E-state index in [0.29, 0.717) is 42.2 Å². The molecule has 1 N–H and O–H groups in total. The van der Waals surface area contributed by atoms with Crippen LogP contribution in [0.4, 0.5) is 0 Å². The molecular formula is C25H38N2O3. The quantitative estimate of drug-likeness (QED) is 0.540. The smallest absolute Gasteiger partial charge is 0.141 e. The Balaban J connectivity index is 0.00000106. The number of carbonyl (C=O) groups is 2. The lowest BCUT2D eigenvalue weighted by atomic mass is 9.46. The van der Waals surface area contributed by atoms with Crippen molar-refractivity contribution < 1.29 is 14.4 Å². The highest BCUT2D eigenvalue weighted by Gasteiger charge is 2.60. The third kappa shape index (κ3) is 3.57. The standard InChI is InChI=1S/C23H32N2O3.C2H6/c1-13-9-18-16-3-4-20(26)17(16)11-21(27)22(18)23(2)7-5-14(10-19(13)23)25-28-15-6-8-24-12-15;1-2/h15-19,22,24H,1,3-12H2,2H3;1-2H3/t15?,16?,17?,18?,19-,22?,23?;/m1./s1. The van der Waals surface area contributed by atoms with Gasteiger partial charge in [0.1, 0.15) is 17.7 Å². The SMILES string of the molecule is C=C1CC2C3CCC(=O)C3CC(=O)C2C2(C)CCC(=NOC3CCNC3)C[C@H]12.CC. The monoisotopic (exact) mass is 414 g/mol. The molecule has 6 unspecified atom stereocenters. The van der Waals surface area contributed by atoms with Crippen molar-refractivity contribution in [2.75, 3.05) is 13.1 Å². The molecule has 1 saturated heterocycles. The van der Waals surface area contributed by atoms with E-state index in [4.69, 9.17) is 4.84 Å². The first-order valence-electron chi connectivity index (χ1n) is 12.1. The Morgan fingerprint density at radius 1 is 1.07 bits per heavy atom. The molecule has 1 heterocycles. The van der Waals surface area contributed by atoms with E-state index in [1.165, 1.54) is 5.57 Å². The van der Waals surface area contributed by atoms with E-state index in [9.17, 15) is 9.59 Å². The number of hydrogen-bond donors (Lipinski definition) is 1. The minimum Gasteiger partial charge on any atom is -0.391 e. The van der Waals surface area contributed by atoms with Crippen molar-refractivity contribution in [1.29, 1.82) is 0 Å². The van der Waals surface area contributed by atoms with Gasteiger partial charge in [0.2, 0.25) is 0 Å².